The van der Waals surface area contributed by atoms with E-state index in [4.69, 9.17) is 0 Å². The van der Waals surface area contributed by atoms with Gasteiger partial charge < -0.3 is 24.8 Å². The predicted octanol–water partition coefficient (Wildman–Crippen LogP) is -1.29. The second-order valence-electron chi connectivity index (χ2n) is 4.72. The molecule has 0 saturated heterocycles. The first-order chi connectivity index (χ1) is 9.43. The Bertz CT molecular complexity index is 552. The van der Waals surface area contributed by atoms with Gasteiger partial charge in [0.1, 0.15) is 0 Å². The molecular formula is C18H16Cl2Zr. The van der Waals surface area contributed by atoms with E-state index in [9.17, 15) is 0 Å². The predicted molar refractivity (Wildman–Crippen MR) is 76.6 cm³/mol. The minimum atomic E-state index is -0.612. The molecule has 21 heavy (non-hydrogen) atoms. The van der Waals surface area contributed by atoms with Gasteiger partial charge in [-0.2, -0.15) is 0 Å². The second kappa shape index (κ2) is 9.41. The van der Waals surface area contributed by atoms with Gasteiger partial charge in [0.15, 0.2) is 0 Å². The standard InChI is InChI=1S/C13H11.C5H5.2ClH.Zr/c1-3-7-12(8-4-1)11-13-9-5-2-6-10-13;1-2-4-5-3-1;;;/h1-11H;1-3H,4H2;2*1H;/q;;;;+2/p-2. The Hall–Kier alpha value is -0.617. The van der Waals surface area contributed by atoms with E-state index >= 15 is 0 Å². The second-order valence-corrected chi connectivity index (χ2v) is 8.43. The molecule has 0 aliphatic heterocycles. The Morgan fingerprint density at radius 2 is 1.29 bits per heavy atom. The van der Waals surface area contributed by atoms with E-state index in [1.165, 1.54) is 17.5 Å². The van der Waals surface area contributed by atoms with Crippen LogP contribution in [-0.2, 0) is 23.2 Å². The maximum atomic E-state index is 2.34. The normalized spacial score (nSPS) is 12.1. The molecule has 2 aromatic carbocycles. The molecule has 0 bridgehead atoms. The maximum absolute atomic E-state index is 2.34. The zero-order chi connectivity index (χ0) is 12.9. The monoisotopic (exact) mass is 392 g/mol. The molecule has 0 nitrogen and oxygen atoms in total. The molecule has 0 atom stereocenters. The number of hydrogen-bond donors (Lipinski definition) is 0. The summed E-state index contributed by atoms with van der Waals surface area (Å²) in [5, 5.41) is 0. The van der Waals surface area contributed by atoms with Gasteiger partial charge in [-0.05, 0) is 0 Å². The van der Waals surface area contributed by atoms with Crippen LogP contribution in [0.3, 0.4) is 0 Å². The molecule has 3 heteroatoms. The van der Waals surface area contributed by atoms with E-state index in [1.54, 1.807) is 3.28 Å². The van der Waals surface area contributed by atoms with E-state index in [2.05, 4.69) is 78.9 Å². The average molecular weight is 394 g/mol. The van der Waals surface area contributed by atoms with Crippen molar-refractivity contribution in [1.29, 1.82) is 0 Å². The molecule has 0 spiro atoms. The van der Waals surface area contributed by atoms with Gasteiger partial charge >= 0.3 is 127 Å². The van der Waals surface area contributed by atoms with Crippen LogP contribution >= 0.6 is 0 Å². The summed E-state index contributed by atoms with van der Waals surface area (Å²) in [5.74, 6) is 0. The van der Waals surface area contributed by atoms with Crippen molar-refractivity contribution in [2.45, 2.75) is 10.0 Å². The van der Waals surface area contributed by atoms with Crippen molar-refractivity contribution in [3.05, 3.63) is 93.3 Å². The summed E-state index contributed by atoms with van der Waals surface area (Å²) < 4.78 is 2.33. The van der Waals surface area contributed by atoms with Crippen molar-refractivity contribution >= 4 is 0 Å². The molecule has 3 rings (SSSR count). The third-order valence-corrected chi connectivity index (χ3v) is 7.54. The Morgan fingerprint density at radius 3 is 1.71 bits per heavy atom. The van der Waals surface area contributed by atoms with Crippen molar-refractivity contribution in [2.24, 2.45) is 0 Å². The van der Waals surface area contributed by atoms with E-state index in [-0.39, 0.29) is 24.8 Å². The summed E-state index contributed by atoms with van der Waals surface area (Å²) in [7, 11) is 0. The van der Waals surface area contributed by atoms with Crippen LogP contribution in [0.4, 0.5) is 0 Å². The summed E-state index contributed by atoms with van der Waals surface area (Å²) in [6.45, 7) is 0. The Kier molecular flexibility index (Phi) is 8.26. The zero-order valence-electron chi connectivity index (χ0n) is 11.5. The van der Waals surface area contributed by atoms with Gasteiger partial charge in [-0.3, -0.25) is 0 Å². The smallest absolute Gasteiger partial charge is 1.00 e. The summed E-state index contributed by atoms with van der Waals surface area (Å²) in [6, 6.07) is 22.0. The third kappa shape index (κ3) is 4.95. The summed E-state index contributed by atoms with van der Waals surface area (Å²) in [6.07, 6.45) is 8.01. The molecule has 0 heterocycles. The topological polar surface area (TPSA) is 0 Å². The first kappa shape index (κ1) is 18.4. The quantitative estimate of drug-likeness (QED) is 0.606. The SMILES string of the molecule is C1=CC[C]([Zr+2][CH](c2ccccc2)c2ccccc2)=C1.[Cl-].[Cl-]. The van der Waals surface area contributed by atoms with Gasteiger partial charge in [0.25, 0.3) is 0 Å². The van der Waals surface area contributed by atoms with Crippen molar-refractivity contribution in [3.63, 3.8) is 0 Å². The summed E-state index contributed by atoms with van der Waals surface area (Å²) in [4.78, 5) is 0. The van der Waals surface area contributed by atoms with E-state index in [0.717, 1.165) is 0 Å². The van der Waals surface area contributed by atoms with Crippen LogP contribution in [-0.4, -0.2) is 0 Å². The fraction of sp³-hybridized carbons (Fsp3) is 0.111. The van der Waals surface area contributed by atoms with E-state index < -0.39 is 23.2 Å². The van der Waals surface area contributed by atoms with Crippen LogP contribution in [0.2, 0.25) is 0 Å². The number of rotatable bonds is 4. The van der Waals surface area contributed by atoms with Crippen LogP contribution in [0.1, 0.15) is 21.2 Å². The summed E-state index contributed by atoms with van der Waals surface area (Å²) >= 11 is -0.612. The number of benzene rings is 2. The third-order valence-electron chi connectivity index (χ3n) is 3.37. The van der Waals surface area contributed by atoms with Crippen LogP contribution in [0.15, 0.2) is 82.2 Å². The van der Waals surface area contributed by atoms with Gasteiger partial charge in [0.05, 0.1) is 0 Å². The minimum Gasteiger partial charge on any atom is -1.00 e. The molecule has 0 aromatic heterocycles. The number of allylic oxidation sites excluding steroid dienone is 4. The van der Waals surface area contributed by atoms with Crippen molar-refractivity contribution in [1.82, 2.24) is 0 Å². The molecule has 0 radical (unpaired) electrons. The molecule has 2 aromatic rings. The largest absolute Gasteiger partial charge is 1.00 e. The van der Waals surface area contributed by atoms with Crippen molar-refractivity contribution < 1.29 is 48.0 Å². The minimum absolute atomic E-state index is 0. The van der Waals surface area contributed by atoms with E-state index in [1.807, 2.05) is 0 Å². The maximum Gasteiger partial charge on any atom is -1.00 e. The number of hydrogen-bond acceptors (Lipinski definition) is 0. The Balaban J connectivity index is 0.00000110. The van der Waals surface area contributed by atoms with Gasteiger partial charge in [0, 0.05) is 0 Å². The molecule has 0 unspecified atom stereocenters. The first-order valence-electron chi connectivity index (χ1n) is 6.65. The Labute approximate surface area is 150 Å². The molecule has 1 aliphatic carbocycles. The molecule has 0 saturated carbocycles. The fourth-order valence-corrected chi connectivity index (χ4v) is 6.12. The van der Waals surface area contributed by atoms with Gasteiger partial charge in [-0.25, -0.2) is 0 Å². The molecule has 0 fully saturated rings. The molecule has 0 amide bonds. The molecular weight excluding hydrogens is 378 g/mol. The zero-order valence-corrected chi connectivity index (χ0v) is 15.5. The van der Waals surface area contributed by atoms with Gasteiger partial charge in [-0.1, -0.05) is 0 Å². The molecule has 1 aliphatic rings. The molecule has 0 N–H and O–H groups in total. The first-order valence-corrected chi connectivity index (χ1v) is 9.30. The average Bonchev–Trinajstić information content (AvgIpc) is 3.00. The molecule has 106 valence electrons. The Morgan fingerprint density at radius 1 is 0.762 bits per heavy atom. The van der Waals surface area contributed by atoms with Crippen molar-refractivity contribution in [2.75, 3.05) is 0 Å². The van der Waals surface area contributed by atoms with Gasteiger partial charge in [-0.15, -0.1) is 0 Å². The van der Waals surface area contributed by atoms with Crippen LogP contribution in [0.5, 0.6) is 0 Å². The summed E-state index contributed by atoms with van der Waals surface area (Å²) in [5.41, 5.74) is 2.96. The van der Waals surface area contributed by atoms with Crippen LogP contribution in [0, 0.1) is 0 Å². The van der Waals surface area contributed by atoms with Crippen LogP contribution < -0.4 is 24.8 Å². The number of halogens is 2. The van der Waals surface area contributed by atoms with Gasteiger partial charge in [0.2, 0.25) is 0 Å². The van der Waals surface area contributed by atoms with E-state index in [0.29, 0.717) is 3.63 Å². The fourth-order valence-electron chi connectivity index (χ4n) is 2.39. The van der Waals surface area contributed by atoms with Crippen LogP contribution in [0.25, 0.3) is 0 Å². The van der Waals surface area contributed by atoms with Crippen molar-refractivity contribution in [3.8, 4) is 0 Å².